The molecule has 2 rings (SSSR count). The second-order valence-electron chi connectivity index (χ2n) is 4.02. The number of carbonyl (C=O) groups is 1. The third-order valence-corrected chi connectivity index (χ3v) is 2.92. The van der Waals surface area contributed by atoms with Crippen LogP contribution < -0.4 is 5.73 Å². The molecular formula is C14H11ClFNO. The lowest BCUT2D eigenvalue weighted by Crippen LogP contribution is -2.06. The molecule has 2 aromatic rings. The maximum Gasteiger partial charge on any atom is 0.195 e. The maximum atomic E-state index is 13.2. The summed E-state index contributed by atoms with van der Waals surface area (Å²) in [6.07, 6.45) is 0. The molecule has 0 unspecified atom stereocenters. The highest BCUT2D eigenvalue weighted by Gasteiger charge is 2.13. The quantitative estimate of drug-likeness (QED) is 0.664. The smallest absolute Gasteiger partial charge is 0.195 e. The molecule has 0 saturated carbocycles. The number of nitrogens with two attached hydrogens (primary N) is 1. The van der Waals surface area contributed by atoms with Crippen molar-refractivity contribution in [1.29, 1.82) is 0 Å². The van der Waals surface area contributed by atoms with E-state index in [4.69, 9.17) is 17.3 Å². The van der Waals surface area contributed by atoms with Crippen molar-refractivity contribution in [2.75, 3.05) is 5.73 Å². The molecule has 18 heavy (non-hydrogen) atoms. The molecule has 0 amide bonds. The van der Waals surface area contributed by atoms with Gasteiger partial charge in [-0.25, -0.2) is 4.39 Å². The third-order valence-electron chi connectivity index (χ3n) is 2.68. The summed E-state index contributed by atoms with van der Waals surface area (Å²) in [5.41, 5.74) is 7.23. The molecule has 2 nitrogen and oxygen atoms in total. The zero-order valence-corrected chi connectivity index (χ0v) is 10.5. The highest BCUT2D eigenvalue weighted by Crippen LogP contribution is 2.22. The molecule has 92 valence electrons. The Hall–Kier alpha value is -1.87. The zero-order valence-electron chi connectivity index (χ0n) is 9.71. The number of carbonyl (C=O) groups excluding carboxylic acids is 1. The van der Waals surface area contributed by atoms with E-state index in [1.54, 1.807) is 19.1 Å². The average Bonchev–Trinajstić information content (AvgIpc) is 2.35. The second-order valence-corrected chi connectivity index (χ2v) is 4.46. The largest absolute Gasteiger partial charge is 0.398 e. The molecule has 0 bridgehead atoms. The molecule has 0 fully saturated rings. The van der Waals surface area contributed by atoms with Crippen molar-refractivity contribution in [3.63, 3.8) is 0 Å². The fourth-order valence-electron chi connectivity index (χ4n) is 1.67. The molecule has 0 heterocycles. The van der Waals surface area contributed by atoms with Crippen molar-refractivity contribution in [2.45, 2.75) is 6.92 Å². The van der Waals surface area contributed by atoms with Gasteiger partial charge in [0.15, 0.2) is 5.78 Å². The number of nitrogen functional groups attached to an aromatic ring is 1. The molecule has 4 heteroatoms. The predicted octanol–water partition coefficient (Wildman–Crippen LogP) is 3.60. The van der Waals surface area contributed by atoms with E-state index in [0.29, 0.717) is 27.4 Å². The molecule has 2 N–H and O–H groups in total. The number of hydrogen-bond donors (Lipinski definition) is 1. The lowest BCUT2D eigenvalue weighted by atomic mass is 10.0. The van der Waals surface area contributed by atoms with Crippen LogP contribution in [0.2, 0.25) is 5.02 Å². The SMILES string of the molecule is Cc1cc(C(=O)c2cc(Cl)ccc2N)ccc1F. The van der Waals surface area contributed by atoms with Gasteiger partial charge in [0, 0.05) is 21.8 Å². The summed E-state index contributed by atoms with van der Waals surface area (Å²) in [5, 5.41) is 0.436. The van der Waals surface area contributed by atoms with Crippen molar-refractivity contribution in [1.82, 2.24) is 0 Å². The normalized spacial score (nSPS) is 10.4. The van der Waals surface area contributed by atoms with Crippen LogP contribution in [0.4, 0.5) is 10.1 Å². The molecule has 0 atom stereocenters. The van der Waals surface area contributed by atoms with Crippen molar-refractivity contribution >= 4 is 23.1 Å². The summed E-state index contributed by atoms with van der Waals surface area (Å²) in [6.45, 7) is 1.60. The van der Waals surface area contributed by atoms with Gasteiger partial charge in [-0.2, -0.15) is 0 Å². The Morgan fingerprint density at radius 3 is 2.61 bits per heavy atom. The van der Waals surface area contributed by atoms with Gasteiger partial charge in [0.2, 0.25) is 0 Å². The van der Waals surface area contributed by atoms with E-state index in [0.717, 1.165) is 0 Å². The lowest BCUT2D eigenvalue weighted by molar-refractivity contribution is 0.103. The van der Waals surface area contributed by atoms with Crippen LogP contribution >= 0.6 is 11.6 Å². The zero-order chi connectivity index (χ0) is 13.3. The number of hydrogen-bond acceptors (Lipinski definition) is 2. The Morgan fingerprint density at radius 1 is 1.22 bits per heavy atom. The van der Waals surface area contributed by atoms with Crippen LogP contribution in [0, 0.1) is 12.7 Å². The minimum Gasteiger partial charge on any atom is -0.398 e. The average molecular weight is 264 g/mol. The molecule has 0 spiro atoms. The Kier molecular flexibility index (Phi) is 3.34. The summed E-state index contributed by atoms with van der Waals surface area (Å²) in [5.74, 6) is -0.608. The Bertz CT molecular complexity index is 625. The number of rotatable bonds is 2. The number of halogens is 2. The molecule has 0 radical (unpaired) electrons. The van der Waals surface area contributed by atoms with Crippen LogP contribution in [0.5, 0.6) is 0 Å². The molecular weight excluding hydrogens is 253 g/mol. The van der Waals surface area contributed by atoms with E-state index in [1.165, 1.54) is 24.3 Å². The van der Waals surface area contributed by atoms with Crippen LogP contribution in [-0.2, 0) is 0 Å². The monoisotopic (exact) mass is 263 g/mol. The van der Waals surface area contributed by atoms with Crippen molar-refractivity contribution < 1.29 is 9.18 Å². The van der Waals surface area contributed by atoms with Gasteiger partial charge >= 0.3 is 0 Å². The standard InChI is InChI=1S/C14H11ClFNO/c1-8-6-9(2-4-12(8)16)14(18)11-7-10(15)3-5-13(11)17/h2-7H,17H2,1H3. The van der Waals surface area contributed by atoms with Gasteiger partial charge in [-0.1, -0.05) is 11.6 Å². The van der Waals surface area contributed by atoms with E-state index in [-0.39, 0.29) is 11.6 Å². The second kappa shape index (κ2) is 4.78. The lowest BCUT2D eigenvalue weighted by Gasteiger charge is -2.06. The molecule has 0 aliphatic rings. The van der Waals surface area contributed by atoms with Gasteiger partial charge in [0.05, 0.1) is 0 Å². The highest BCUT2D eigenvalue weighted by molar-refractivity contribution is 6.31. The van der Waals surface area contributed by atoms with E-state index in [1.807, 2.05) is 0 Å². The van der Waals surface area contributed by atoms with E-state index >= 15 is 0 Å². The molecule has 0 aliphatic carbocycles. The van der Waals surface area contributed by atoms with Crippen LogP contribution in [0.1, 0.15) is 21.5 Å². The van der Waals surface area contributed by atoms with Crippen LogP contribution in [0.25, 0.3) is 0 Å². The fraction of sp³-hybridized carbons (Fsp3) is 0.0714. The van der Waals surface area contributed by atoms with E-state index in [9.17, 15) is 9.18 Å². The van der Waals surface area contributed by atoms with Gasteiger partial charge in [-0.15, -0.1) is 0 Å². The van der Waals surface area contributed by atoms with Gasteiger partial charge in [-0.3, -0.25) is 4.79 Å². The summed E-state index contributed by atoms with van der Waals surface area (Å²) >= 11 is 5.84. The van der Waals surface area contributed by atoms with Crippen LogP contribution in [-0.4, -0.2) is 5.78 Å². The Morgan fingerprint density at radius 2 is 1.94 bits per heavy atom. The molecule has 0 saturated heterocycles. The highest BCUT2D eigenvalue weighted by atomic mass is 35.5. The first-order chi connectivity index (χ1) is 8.49. The van der Waals surface area contributed by atoms with Crippen LogP contribution in [0.3, 0.4) is 0 Å². The molecule has 2 aromatic carbocycles. The molecule has 0 aliphatic heterocycles. The van der Waals surface area contributed by atoms with Gasteiger partial charge in [-0.05, 0) is 48.9 Å². The predicted molar refractivity (Wildman–Crippen MR) is 70.4 cm³/mol. The molecule has 0 aromatic heterocycles. The Balaban J connectivity index is 2.47. The first-order valence-corrected chi connectivity index (χ1v) is 5.72. The van der Waals surface area contributed by atoms with E-state index in [2.05, 4.69) is 0 Å². The summed E-state index contributed by atoms with van der Waals surface area (Å²) < 4.78 is 13.2. The topological polar surface area (TPSA) is 43.1 Å². The van der Waals surface area contributed by atoms with Crippen LogP contribution in [0.15, 0.2) is 36.4 Å². The van der Waals surface area contributed by atoms with Crippen molar-refractivity contribution in [3.05, 3.63) is 63.9 Å². The first kappa shape index (κ1) is 12.6. The summed E-state index contributed by atoms with van der Waals surface area (Å²) in [6, 6.07) is 8.90. The maximum absolute atomic E-state index is 13.2. The summed E-state index contributed by atoms with van der Waals surface area (Å²) in [4.78, 5) is 12.2. The Labute approximate surface area is 109 Å². The van der Waals surface area contributed by atoms with Gasteiger partial charge in [0.25, 0.3) is 0 Å². The van der Waals surface area contributed by atoms with Gasteiger partial charge < -0.3 is 5.73 Å². The number of aryl methyl sites for hydroxylation is 1. The minimum absolute atomic E-state index is 0.266. The minimum atomic E-state index is -0.342. The van der Waals surface area contributed by atoms with E-state index < -0.39 is 0 Å². The van der Waals surface area contributed by atoms with Crippen molar-refractivity contribution in [3.8, 4) is 0 Å². The fourth-order valence-corrected chi connectivity index (χ4v) is 1.84. The number of benzene rings is 2. The first-order valence-electron chi connectivity index (χ1n) is 5.35. The number of anilines is 1. The van der Waals surface area contributed by atoms with Gasteiger partial charge in [0.1, 0.15) is 5.82 Å². The van der Waals surface area contributed by atoms with Crippen molar-refractivity contribution in [2.24, 2.45) is 0 Å². The third kappa shape index (κ3) is 2.36. The number of ketones is 1. The summed E-state index contributed by atoms with van der Waals surface area (Å²) in [7, 11) is 0.